The van der Waals surface area contributed by atoms with Crippen LogP contribution in [0.4, 0.5) is 18.9 Å². The third-order valence-electron chi connectivity index (χ3n) is 2.81. The normalized spacial score (nSPS) is 15.0. The van der Waals surface area contributed by atoms with E-state index in [1.807, 2.05) is 0 Å². The van der Waals surface area contributed by atoms with Gasteiger partial charge in [0.2, 0.25) is 0 Å². The molecule has 2 unspecified atom stereocenters. The summed E-state index contributed by atoms with van der Waals surface area (Å²) in [6.07, 6.45) is -8.44. The topological polar surface area (TPSA) is 86.8 Å². The van der Waals surface area contributed by atoms with Gasteiger partial charge in [-0.05, 0) is 12.6 Å². The maximum atomic E-state index is 12.2. The highest BCUT2D eigenvalue weighted by Gasteiger charge is 2.38. The smallest absolute Gasteiger partial charge is 0.387 e. The first-order chi connectivity index (χ1) is 9.61. The Morgan fingerprint density at radius 3 is 2.48 bits per heavy atom. The van der Waals surface area contributed by atoms with Crippen LogP contribution in [-0.4, -0.2) is 52.5 Å². The minimum atomic E-state index is -4.73. The van der Waals surface area contributed by atoms with Crippen LogP contribution in [0.1, 0.15) is 11.7 Å². The molecule has 0 aliphatic carbocycles. The molecule has 0 aliphatic heterocycles. The molecule has 0 heterocycles. The highest BCUT2D eigenvalue weighted by atomic mass is 19.4. The average Bonchev–Trinajstić information content (AvgIpc) is 2.37. The Labute approximate surface area is 118 Å². The summed E-state index contributed by atoms with van der Waals surface area (Å²) in [6, 6.07) is 5.21. The van der Waals surface area contributed by atoms with Gasteiger partial charge in [0.15, 0.2) is 6.10 Å². The molecule has 1 aromatic carbocycles. The minimum Gasteiger partial charge on any atom is -0.387 e. The number of alkyl halides is 3. The molecule has 9 heteroatoms. The van der Waals surface area contributed by atoms with Crippen molar-refractivity contribution in [2.45, 2.75) is 18.4 Å². The molecule has 0 bridgehead atoms. The van der Waals surface area contributed by atoms with Crippen molar-refractivity contribution in [2.24, 2.45) is 0 Å². The predicted molar refractivity (Wildman–Crippen MR) is 67.6 cm³/mol. The van der Waals surface area contributed by atoms with Crippen molar-refractivity contribution in [1.29, 1.82) is 0 Å². The number of nitro benzene ring substituents is 1. The van der Waals surface area contributed by atoms with E-state index in [1.54, 1.807) is 0 Å². The van der Waals surface area contributed by atoms with E-state index in [4.69, 9.17) is 5.11 Å². The number of hydrogen-bond donors (Lipinski definition) is 2. The van der Waals surface area contributed by atoms with E-state index in [-0.39, 0.29) is 17.8 Å². The van der Waals surface area contributed by atoms with Gasteiger partial charge in [0.05, 0.1) is 11.0 Å². The molecule has 0 saturated carbocycles. The Morgan fingerprint density at radius 1 is 1.33 bits per heavy atom. The molecule has 1 aromatic rings. The van der Waals surface area contributed by atoms with Gasteiger partial charge in [0.1, 0.15) is 0 Å². The lowest BCUT2D eigenvalue weighted by atomic mass is 10.1. The van der Waals surface area contributed by atoms with Crippen molar-refractivity contribution in [3.8, 4) is 0 Å². The van der Waals surface area contributed by atoms with Crippen molar-refractivity contribution in [3.05, 3.63) is 39.9 Å². The number of aliphatic hydroxyl groups excluding tert-OH is 2. The van der Waals surface area contributed by atoms with Gasteiger partial charge in [-0.2, -0.15) is 13.2 Å². The number of aliphatic hydroxyl groups is 2. The fraction of sp³-hybridized carbons (Fsp3) is 0.500. The van der Waals surface area contributed by atoms with E-state index in [9.17, 15) is 28.4 Å². The molecule has 0 radical (unpaired) electrons. The van der Waals surface area contributed by atoms with Crippen molar-refractivity contribution >= 4 is 5.69 Å². The molecule has 0 amide bonds. The fourth-order valence-electron chi connectivity index (χ4n) is 1.72. The second kappa shape index (κ2) is 6.83. The lowest BCUT2D eigenvalue weighted by molar-refractivity contribution is -0.385. The number of non-ortho nitro benzene ring substituents is 1. The van der Waals surface area contributed by atoms with Gasteiger partial charge in [-0.1, -0.05) is 12.1 Å². The number of benzene rings is 1. The Balaban J connectivity index is 2.66. The van der Waals surface area contributed by atoms with Crippen LogP contribution in [0.2, 0.25) is 0 Å². The van der Waals surface area contributed by atoms with Gasteiger partial charge in [0.25, 0.3) is 5.69 Å². The number of rotatable bonds is 6. The molecule has 6 nitrogen and oxygen atoms in total. The Kier molecular flexibility index (Phi) is 5.64. The summed E-state index contributed by atoms with van der Waals surface area (Å²) >= 11 is 0. The quantitative estimate of drug-likeness (QED) is 0.614. The molecule has 21 heavy (non-hydrogen) atoms. The zero-order valence-corrected chi connectivity index (χ0v) is 11.1. The zero-order valence-electron chi connectivity index (χ0n) is 11.1. The SMILES string of the molecule is CN(CC(O)c1cccc([N+](=O)[O-])c1)CC(O)C(F)(F)F. The molecule has 1 rings (SSSR count). The van der Waals surface area contributed by atoms with E-state index >= 15 is 0 Å². The summed E-state index contributed by atoms with van der Waals surface area (Å²) in [5.41, 5.74) is 0.00192. The maximum Gasteiger partial charge on any atom is 0.415 e. The van der Waals surface area contributed by atoms with Gasteiger partial charge in [-0.3, -0.25) is 10.1 Å². The van der Waals surface area contributed by atoms with E-state index in [1.165, 1.54) is 25.2 Å². The molecule has 0 aromatic heterocycles. The molecule has 0 aliphatic rings. The number of hydrogen-bond acceptors (Lipinski definition) is 5. The monoisotopic (exact) mass is 308 g/mol. The highest BCUT2D eigenvalue weighted by molar-refractivity contribution is 5.35. The van der Waals surface area contributed by atoms with Gasteiger partial charge in [-0.25, -0.2) is 0 Å². The van der Waals surface area contributed by atoms with E-state index in [0.717, 1.165) is 11.0 Å². The lowest BCUT2D eigenvalue weighted by Crippen LogP contribution is -2.40. The van der Waals surface area contributed by atoms with Crippen LogP contribution in [0.3, 0.4) is 0 Å². The Bertz CT molecular complexity index is 496. The van der Waals surface area contributed by atoms with Crippen LogP contribution in [0.15, 0.2) is 24.3 Å². The molecule has 0 fully saturated rings. The number of nitro groups is 1. The van der Waals surface area contributed by atoms with Crippen molar-refractivity contribution in [1.82, 2.24) is 4.90 Å². The first-order valence-corrected chi connectivity index (χ1v) is 5.97. The van der Waals surface area contributed by atoms with E-state index < -0.39 is 29.9 Å². The summed E-state index contributed by atoms with van der Waals surface area (Å²) in [5, 5.41) is 29.4. The number of halogens is 3. The fourth-order valence-corrected chi connectivity index (χ4v) is 1.72. The summed E-state index contributed by atoms with van der Waals surface area (Å²) in [4.78, 5) is 11.1. The van der Waals surface area contributed by atoms with Crippen LogP contribution in [0, 0.1) is 10.1 Å². The molecule has 2 N–H and O–H groups in total. The molecule has 118 valence electrons. The van der Waals surface area contributed by atoms with Gasteiger partial charge < -0.3 is 15.1 Å². The summed E-state index contributed by atoms with van der Waals surface area (Å²) in [5.74, 6) is 0. The Hall–Kier alpha value is -1.71. The van der Waals surface area contributed by atoms with Crippen LogP contribution in [-0.2, 0) is 0 Å². The van der Waals surface area contributed by atoms with Gasteiger partial charge in [0, 0.05) is 25.2 Å². The van der Waals surface area contributed by atoms with Crippen LogP contribution < -0.4 is 0 Å². The largest absolute Gasteiger partial charge is 0.415 e. The van der Waals surface area contributed by atoms with Crippen LogP contribution in [0.5, 0.6) is 0 Å². The summed E-state index contributed by atoms with van der Waals surface area (Å²) < 4.78 is 36.6. The van der Waals surface area contributed by atoms with E-state index in [2.05, 4.69) is 0 Å². The second-order valence-corrected chi connectivity index (χ2v) is 4.65. The Morgan fingerprint density at radius 2 is 1.95 bits per heavy atom. The van der Waals surface area contributed by atoms with E-state index in [0.29, 0.717) is 0 Å². The predicted octanol–water partition coefficient (Wildman–Crippen LogP) is 1.48. The lowest BCUT2D eigenvalue weighted by Gasteiger charge is -2.24. The summed E-state index contributed by atoms with van der Waals surface area (Å²) in [6.45, 7) is -0.899. The van der Waals surface area contributed by atoms with Crippen molar-refractivity contribution in [3.63, 3.8) is 0 Å². The maximum absolute atomic E-state index is 12.2. The van der Waals surface area contributed by atoms with Gasteiger partial charge in [-0.15, -0.1) is 0 Å². The molecular weight excluding hydrogens is 293 g/mol. The third kappa shape index (κ3) is 5.29. The highest BCUT2D eigenvalue weighted by Crippen LogP contribution is 2.22. The molecule has 0 saturated heterocycles. The van der Waals surface area contributed by atoms with Crippen LogP contribution in [0.25, 0.3) is 0 Å². The first kappa shape index (κ1) is 17.3. The van der Waals surface area contributed by atoms with Crippen molar-refractivity contribution in [2.75, 3.05) is 20.1 Å². The third-order valence-corrected chi connectivity index (χ3v) is 2.81. The average molecular weight is 308 g/mol. The van der Waals surface area contributed by atoms with Gasteiger partial charge >= 0.3 is 6.18 Å². The molecule has 2 atom stereocenters. The number of nitrogens with zero attached hydrogens (tertiary/aromatic N) is 2. The van der Waals surface area contributed by atoms with Crippen molar-refractivity contribution < 1.29 is 28.3 Å². The van der Waals surface area contributed by atoms with Crippen LogP contribution >= 0.6 is 0 Å². The first-order valence-electron chi connectivity index (χ1n) is 5.97. The molecular formula is C12H15F3N2O4. The second-order valence-electron chi connectivity index (χ2n) is 4.65. The standard InChI is InChI=1S/C12H15F3N2O4/c1-16(7-11(19)12(13,14)15)6-10(18)8-3-2-4-9(5-8)17(20)21/h2-5,10-11,18-19H,6-7H2,1H3. The summed E-state index contributed by atoms with van der Waals surface area (Å²) in [7, 11) is 1.30. The number of likely N-dealkylation sites (N-methyl/N-ethyl adjacent to an activating group) is 1. The molecule has 0 spiro atoms. The minimum absolute atomic E-state index is 0.200. The zero-order chi connectivity index (χ0) is 16.2.